The normalized spacial score (nSPS) is 40.3. The first-order valence-electron chi connectivity index (χ1n) is 6.14. The Hall–Kier alpha value is -0.0800. The molecule has 1 aliphatic carbocycles. The van der Waals surface area contributed by atoms with Crippen LogP contribution in [0.2, 0.25) is 0 Å². The van der Waals surface area contributed by atoms with Crippen molar-refractivity contribution < 1.29 is 5.11 Å². The highest BCUT2D eigenvalue weighted by Gasteiger charge is 2.38. The van der Waals surface area contributed by atoms with Gasteiger partial charge in [0.25, 0.3) is 0 Å². The summed E-state index contributed by atoms with van der Waals surface area (Å²) in [5.74, 6) is 1.23. The van der Waals surface area contributed by atoms with Crippen LogP contribution in [0, 0.1) is 11.8 Å². The number of hydrogen-bond donors (Lipinski definition) is 2. The van der Waals surface area contributed by atoms with Crippen LogP contribution in [-0.2, 0) is 0 Å². The van der Waals surface area contributed by atoms with E-state index in [2.05, 4.69) is 12.2 Å². The van der Waals surface area contributed by atoms with Crippen LogP contribution in [0.15, 0.2) is 0 Å². The van der Waals surface area contributed by atoms with Gasteiger partial charge in [0.15, 0.2) is 0 Å². The van der Waals surface area contributed by atoms with Crippen LogP contribution in [-0.4, -0.2) is 23.8 Å². The van der Waals surface area contributed by atoms with Gasteiger partial charge in [-0.2, -0.15) is 0 Å². The Bertz CT molecular complexity index is 189. The molecule has 2 rings (SSSR count). The SMILES string of the molecule is CC1CNCCC1(O)CC1CCCC1. The van der Waals surface area contributed by atoms with E-state index < -0.39 is 0 Å². The van der Waals surface area contributed by atoms with Crippen molar-refractivity contribution in [1.29, 1.82) is 0 Å². The molecule has 2 heteroatoms. The van der Waals surface area contributed by atoms with Crippen molar-refractivity contribution >= 4 is 0 Å². The van der Waals surface area contributed by atoms with Crippen LogP contribution >= 0.6 is 0 Å². The lowest BCUT2D eigenvalue weighted by atomic mass is 9.76. The molecule has 2 N–H and O–H groups in total. The van der Waals surface area contributed by atoms with Crippen molar-refractivity contribution in [3.05, 3.63) is 0 Å². The third-order valence-electron chi connectivity index (χ3n) is 4.22. The number of rotatable bonds is 2. The molecule has 14 heavy (non-hydrogen) atoms. The quantitative estimate of drug-likeness (QED) is 0.709. The summed E-state index contributed by atoms with van der Waals surface area (Å²) in [5.41, 5.74) is -0.361. The lowest BCUT2D eigenvalue weighted by molar-refractivity contribution is -0.0519. The molecule has 0 radical (unpaired) electrons. The Morgan fingerprint density at radius 1 is 1.36 bits per heavy atom. The molecular weight excluding hydrogens is 174 g/mol. The number of aliphatic hydroxyl groups is 1. The Morgan fingerprint density at radius 3 is 2.71 bits per heavy atom. The molecule has 82 valence electrons. The van der Waals surface area contributed by atoms with Crippen molar-refractivity contribution in [2.45, 2.75) is 51.0 Å². The summed E-state index contributed by atoms with van der Waals surface area (Å²) < 4.78 is 0. The lowest BCUT2D eigenvalue weighted by Gasteiger charge is -2.40. The van der Waals surface area contributed by atoms with Crippen molar-refractivity contribution in [1.82, 2.24) is 5.32 Å². The summed E-state index contributed by atoms with van der Waals surface area (Å²) in [6.07, 6.45) is 7.46. The van der Waals surface area contributed by atoms with Crippen LogP contribution in [0.4, 0.5) is 0 Å². The number of piperidine rings is 1. The van der Waals surface area contributed by atoms with E-state index in [1.54, 1.807) is 0 Å². The van der Waals surface area contributed by atoms with E-state index in [0.717, 1.165) is 31.8 Å². The highest BCUT2D eigenvalue weighted by molar-refractivity contribution is 4.92. The monoisotopic (exact) mass is 197 g/mol. The molecule has 2 unspecified atom stereocenters. The van der Waals surface area contributed by atoms with Gasteiger partial charge in [0, 0.05) is 6.54 Å². The highest BCUT2D eigenvalue weighted by Crippen LogP contribution is 2.37. The van der Waals surface area contributed by atoms with Crippen LogP contribution in [0.1, 0.15) is 45.4 Å². The fourth-order valence-corrected chi connectivity index (χ4v) is 3.08. The van der Waals surface area contributed by atoms with Crippen LogP contribution < -0.4 is 5.32 Å². The molecule has 2 atom stereocenters. The van der Waals surface area contributed by atoms with Gasteiger partial charge >= 0.3 is 0 Å². The van der Waals surface area contributed by atoms with E-state index in [1.165, 1.54) is 25.7 Å². The van der Waals surface area contributed by atoms with Gasteiger partial charge in [-0.25, -0.2) is 0 Å². The Morgan fingerprint density at radius 2 is 2.07 bits per heavy atom. The van der Waals surface area contributed by atoms with Gasteiger partial charge in [0.05, 0.1) is 5.60 Å². The zero-order valence-corrected chi connectivity index (χ0v) is 9.26. The van der Waals surface area contributed by atoms with Crippen LogP contribution in [0.5, 0.6) is 0 Å². The van der Waals surface area contributed by atoms with Gasteiger partial charge in [-0.3, -0.25) is 0 Å². The van der Waals surface area contributed by atoms with E-state index >= 15 is 0 Å². The fraction of sp³-hybridized carbons (Fsp3) is 1.00. The van der Waals surface area contributed by atoms with E-state index in [4.69, 9.17) is 0 Å². The molecule has 0 amide bonds. The molecule has 2 fully saturated rings. The maximum atomic E-state index is 10.6. The molecule has 2 aliphatic rings. The molecule has 0 spiro atoms. The van der Waals surface area contributed by atoms with Gasteiger partial charge < -0.3 is 10.4 Å². The van der Waals surface area contributed by atoms with Gasteiger partial charge in [0.2, 0.25) is 0 Å². The summed E-state index contributed by atoms with van der Waals surface area (Å²) in [6, 6.07) is 0. The molecule has 0 aromatic carbocycles. The summed E-state index contributed by atoms with van der Waals surface area (Å²) in [7, 11) is 0. The third kappa shape index (κ3) is 2.12. The van der Waals surface area contributed by atoms with Gasteiger partial charge in [0.1, 0.15) is 0 Å². The summed E-state index contributed by atoms with van der Waals surface area (Å²) in [6.45, 7) is 4.16. The van der Waals surface area contributed by atoms with Gasteiger partial charge in [-0.15, -0.1) is 0 Å². The molecule has 2 nitrogen and oxygen atoms in total. The van der Waals surface area contributed by atoms with Crippen molar-refractivity contribution in [3.8, 4) is 0 Å². The molecule has 1 aliphatic heterocycles. The maximum absolute atomic E-state index is 10.6. The zero-order valence-electron chi connectivity index (χ0n) is 9.26. The predicted molar refractivity (Wildman–Crippen MR) is 58.2 cm³/mol. The molecule has 1 saturated carbocycles. The predicted octanol–water partition coefficient (Wildman–Crippen LogP) is 1.93. The minimum absolute atomic E-state index is 0.361. The van der Waals surface area contributed by atoms with Crippen molar-refractivity contribution in [2.24, 2.45) is 11.8 Å². The Balaban J connectivity index is 1.92. The molecule has 0 bridgehead atoms. The average molecular weight is 197 g/mol. The Labute approximate surface area is 87.1 Å². The van der Waals surface area contributed by atoms with E-state index in [1.807, 2.05) is 0 Å². The lowest BCUT2D eigenvalue weighted by Crippen LogP contribution is -2.49. The maximum Gasteiger partial charge on any atom is 0.0700 e. The molecule has 0 aromatic heterocycles. The third-order valence-corrected chi connectivity index (χ3v) is 4.22. The van der Waals surface area contributed by atoms with Gasteiger partial charge in [-0.05, 0) is 31.2 Å². The largest absolute Gasteiger partial charge is 0.390 e. The summed E-state index contributed by atoms with van der Waals surface area (Å²) in [4.78, 5) is 0. The molecule has 0 aromatic rings. The van der Waals surface area contributed by atoms with E-state index in [-0.39, 0.29) is 5.60 Å². The van der Waals surface area contributed by atoms with Gasteiger partial charge in [-0.1, -0.05) is 32.6 Å². The van der Waals surface area contributed by atoms with Crippen LogP contribution in [0.25, 0.3) is 0 Å². The molecule has 1 saturated heterocycles. The summed E-state index contributed by atoms with van der Waals surface area (Å²) >= 11 is 0. The standard InChI is InChI=1S/C12H23NO/c1-10-9-13-7-6-12(10,14)8-11-4-2-3-5-11/h10-11,13-14H,2-9H2,1H3. The van der Waals surface area contributed by atoms with E-state index in [0.29, 0.717) is 5.92 Å². The smallest absolute Gasteiger partial charge is 0.0700 e. The Kier molecular flexibility index (Phi) is 3.13. The second kappa shape index (κ2) is 4.19. The summed E-state index contributed by atoms with van der Waals surface area (Å²) in [5, 5.41) is 13.9. The van der Waals surface area contributed by atoms with Crippen molar-refractivity contribution in [2.75, 3.05) is 13.1 Å². The molecular formula is C12H23NO. The topological polar surface area (TPSA) is 32.3 Å². The fourth-order valence-electron chi connectivity index (χ4n) is 3.08. The number of nitrogens with one attached hydrogen (secondary N) is 1. The first kappa shape index (κ1) is 10.4. The highest BCUT2D eigenvalue weighted by atomic mass is 16.3. The van der Waals surface area contributed by atoms with Crippen molar-refractivity contribution in [3.63, 3.8) is 0 Å². The molecule has 1 heterocycles. The van der Waals surface area contributed by atoms with Crippen LogP contribution in [0.3, 0.4) is 0 Å². The van der Waals surface area contributed by atoms with E-state index in [9.17, 15) is 5.11 Å². The number of hydrogen-bond acceptors (Lipinski definition) is 2. The second-order valence-corrected chi connectivity index (χ2v) is 5.31. The second-order valence-electron chi connectivity index (χ2n) is 5.31. The average Bonchev–Trinajstić information content (AvgIpc) is 2.63. The first-order valence-corrected chi connectivity index (χ1v) is 6.14. The minimum atomic E-state index is -0.361. The minimum Gasteiger partial charge on any atom is -0.390 e. The first-order chi connectivity index (χ1) is 6.71. The zero-order chi connectivity index (χ0) is 10.0.